The Labute approximate surface area is 102 Å². The Morgan fingerprint density at radius 3 is 2.61 bits per heavy atom. The van der Waals surface area contributed by atoms with Crippen LogP contribution in [0.5, 0.6) is 5.88 Å². The lowest BCUT2D eigenvalue weighted by molar-refractivity contribution is -0.154. The minimum absolute atomic E-state index is 0.119. The highest BCUT2D eigenvalue weighted by molar-refractivity contribution is 5.37. The highest BCUT2D eigenvalue weighted by Gasteiger charge is 2.28. The van der Waals surface area contributed by atoms with Gasteiger partial charge in [0, 0.05) is 19.7 Å². The van der Waals surface area contributed by atoms with Gasteiger partial charge in [0.05, 0.1) is 0 Å². The lowest BCUT2D eigenvalue weighted by Gasteiger charge is -2.10. The molecule has 0 amide bonds. The summed E-state index contributed by atoms with van der Waals surface area (Å²) < 4.78 is 45.7. The van der Waals surface area contributed by atoms with Gasteiger partial charge in [-0.1, -0.05) is 0 Å². The second kappa shape index (κ2) is 6.39. The molecule has 0 aliphatic heterocycles. The van der Waals surface area contributed by atoms with Crippen LogP contribution in [0.2, 0.25) is 0 Å². The lowest BCUT2D eigenvalue weighted by atomic mass is 10.5. The Morgan fingerprint density at radius 2 is 2.06 bits per heavy atom. The van der Waals surface area contributed by atoms with Gasteiger partial charge in [-0.25, -0.2) is 4.98 Å². The number of hydrogen-bond acceptors (Lipinski definition) is 5. The molecule has 0 aliphatic carbocycles. The summed E-state index contributed by atoms with van der Waals surface area (Å²) in [5, 5.41) is 2.71. The summed E-state index contributed by atoms with van der Waals surface area (Å²) >= 11 is 0. The number of hydrogen-bond donors (Lipinski definition) is 1. The van der Waals surface area contributed by atoms with E-state index in [1.807, 2.05) is 0 Å². The molecule has 5 nitrogen and oxygen atoms in total. The molecule has 18 heavy (non-hydrogen) atoms. The van der Waals surface area contributed by atoms with Crippen LogP contribution in [0, 0.1) is 0 Å². The van der Waals surface area contributed by atoms with Gasteiger partial charge >= 0.3 is 6.18 Å². The van der Waals surface area contributed by atoms with Crippen LogP contribution >= 0.6 is 0 Å². The third-order valence-corrected chi connectivity index (χ3v) is 1.82. The lowest BCUT2D eigenvalue weighted by Crippen LogP contribution is -2.20. The Bertz CT molecular complexity index is 385. The standard InChI is InChI=1S/C10H14F3N3O2/c1-3-17-5-8-15-7(14-2)4-9(16-8)18-6-10(11,12)13/h4H,3,5-6H2,1-2H3,(H,14,15,16). The summed E-state index contributed by atoms with van der Waals surface area (Å²) in [6.07, 6.45) is -4.40. The maximum absolute atomic E-state index is 12.0. The van der Waals surface area contributed by atoms with Crippen LogP contribution in [0.15, 0.2) is 6.07 Å². The van der Waals surface area contributed by atoms with Crippen molar-refractivity contribution in [2.75, 3.05) is 25.6 Å². The zero-order chi connectivity index (χ0) is 13.6. The zero-order valence-corrected chi connectivity index (χ0v) is 10.0. The van der Waals surface area contributed by atoms with Crippen LogP contribution in [0.4, 0.5) is 19.0 Å². The number of alkyl halides is 3. The molecule has 0 unspecified atom stereocenters. The first-order valence-electron chi connectivity index (χ1n) is 5.27. The van der Waals surface area contributed by atoms with Crippen molar-refractivity contribution in [3.8, 4) is 5.88 Å². The predicted octanol–water partition coefficient (Wildman–Crippen LogP) is 2.00. The maximum Gasteiger partial charge on any atom is 0.422 e. The van der Waals surface area contributed by atoms with E-state index >= 15 is 0 Å². The van der Waals surface area contributed by atoms with E-state index in [2.05, 4.69) is 20.0 Å². The van der Waals surface area contributed by atoms with E-state index in [-0.39, 0.29) is 18.3 Å². The van der Waals surface area contributed by atoms with E-state index in [0.717, 1.165) is 0 Å². The molecule has 0 atom stereocenters. The molecule has 0 fully saturated rings. The van der Waals surface area contributed by atoms with Crippen molar-refractivity contribution in [2.24, 2.45) is 0 Å². The fraction of sp³-hybridized carbons (Fsp3) is 0.600. The van der Waals surface area contributed by atoms with Crippen molar-refractivity contribution in [3.05, 3.63) is 11.9 Å². The van der Waals surface area contributed by atoms with E-state index in [1.54, 1.807) is 14.0 Å². The van der Waals surface area contributed by atoms with Gasteiger partial charge in [-0.2, -0.15) is 18.2 Å². The molecule has 8 heteroatoms. The van der Waals surface area contributed by atoms with Gasteiger partial charge in [0.1, 0.15) is 12.4 Å². The summed E-state index contributed by atoms with van der Waals surface area (Å²) in [5.74, 6) is 0.499. The number of aromatic nitrogens is 2. The molecule has 1 heterocycles. The van der Waals surface area contributed by atoms with E-state index in [1.165, 1.54) is 6.07 Å². The average Bonchev–Trinajstić information content (AvgIpc) is 2.32. The normalized spacial score (nSPS) is 11.4. The largest absolute Gasteiger partial charge is 0.468 e. The van der Waals surface area contributed by atoms with Crippen LogP contribution < -0.4 is 10.1 Å². The van der Waals surface area contributed by atoms with E-state index in [4.69, 9.17) is 4.74 Å². The molecular formula is C10H14F3N3O2. The molecule has 1 aromatic heterocycles. The fourth-order valence-electron chi connectivity index (χ4n) is 1.09. The van der Waals surface area contributed by atoms with Crippen molar-refractivity contribution < 1.29 is 22.6 Å². The minimum atomic E-state index is -4.40. The number of rotatable bonds is 6. The molecule has 1 aromatic rings. The molecule has 0 aliphatic rings. The molecule has 1 N–H and O–H groups in total. The van der Waals surface area contributed by atoms with Crippen molar-refractivity contribution in [1.29, 1.82) is 0 Å². The van der Waals surface area contributed by atoms with Crippen molar-refractivity contribution in [2.45, 2.75) is 19.7 Å². The van der Waals surface area contributed by atoms with Gasteiger partial charge in [0.2, 0.25) is 5.88 Å². The Hall–Kier alpha value is -1.57. The quantitative estimate of drug-likeness (QED) is 0.852. The van der Waals surface area contributed by atoms with Crippen LogP contribution in [0.3, 0.4) is 0 Å². The monoisotopic (exact) mass is 265 g/mol. The van der Waals surface area contributed by atoms with Gasteiger partial charge in [-0.05, 0) is 6.92 Å². The second-order valence-electron chi connectivity index (χ2n) is 3.30. The number of nitrogens with one attached hydrogen (secondary N) is 1. The zero-order valence-electron chi connectivity index (χ0n) is 10.0. The number of anilines is 1. The average molecular weight is 265 g/mol. The van der Waals surface area contributed by atoms with Gasteiger partial charge in [-0.3, -0.25) is 0 Å². The number of halogens is 3. The minimum Gasteiger partial charge on any atom is -0.468 e. The maximum atomic E-state index is 12.0. The van der Waals surface area contributed by atoms with Crippen LogP contribution in [-0.2, 0) is 11.3 Å². The smallest absolute Gasteiger partial charge is 0.422 e. The second-order valence-corrected chi connectivity index (χ2v) is 3.30. The molecule has 0 radical (unpaired) electrons. The topological polar surface area (TPSA) is 56.3 Å². The molecule has 0 spiro atoms. The van der Waals surface area contributed by atoms with E-state index in [9.17, 15) is 13.2 Å². The van der Waals surface area contributed by atoms with Crippen LogP contribution in [-0.4, -0.2) is 36.4 Å². The molecule has 0 bridgehead atoms. The van der Waals surface area contributed by atoms with Crippen molar-refractivity contribution >= 4 is 5.82 Å². The number of ether oxygens (including phenoxy) is 2. The van der Waals surface area contributed by atoms with E-state index < -0.39 is 12.8 Å². The van der Waals surface area contributed by atoms with Crippen LogP contribution in [0.25, 0.3) is 0 Å². The first-order valence-corrected chi connectivity index (χ1v) is 5.27. The van der Waals surface area contributed by atoms with Gasteiger partial charge in [-0.15, -0.1) is 0 Å². The highest BCUT2D eigenvalue weighted by Crippen LogP contribution is 2.19. The summed E-state index contributed by atoms with van der Waals surface area (Å²) in [5.41, 5.74) is 0. The Kier molecular flexibility index (Phi) is 5.14. The molecule has 0 saturated carbocycles. The van der Waals surface area contributed by atoms with Crippen molar-refractivity contribution in [3.63, 3.8) is 0 Å². The van der Waals surface area contributed by atoms with Crippen LogP contribution in [0.1, 0.15) is 12.7 Å². The fourth-order valence-corrected chi connectivity index (χ4v) is 1.09. The SMILES string of the molecule is CCOCc1nc(NC)cc(OCC(F)(F)F)n1. The Morgan fingerprint density at radius 1 is 1.33 bits per heavy atom. The van der Waals surface area contributed by atoms with Gasteiger partial charge in [0.15, 0.2) is 12.4 Å². The molecule has 1 rings (SSSR count). The summed E-state index contributed by atoms with van der Waals surface area (Å²) in [7, 11) is 1.60. The summed E-state index contributed by atoms with van der Waals surface area (Å²) in [6.45, 7) is 0.991. The molecule has 102 valence electrons. The first kappa shape index (κ1) is 14.5. The summed E-state index contributed by atoms with van der Waals surface area (Å²) in [4.78, 5) is 7.85. The third kappa shape index (κ3) is 5.17. The van der Waals surface area contributed by atoms with Gasteiger partial charge < -0.3 is 14.8 Å². The third-order valence-electron chi connectivity index (χ3n) is 1.82. The van der Waals surface area contributed by atoms with Crippen molar-refractivity contribution in [1.82, 2.24) is 9.97 Å². The predicted molar refractivity (Wildman–Crippen MR) is 58.5 cm³/mol. The van der Waals surface area contributed by atoms with E-state index in [0.29, 0.717) is 12.4 Å². The Balaban J connectivity index is 2.76. The first-order chi connectivity index (χ1) is 8.44. The molecular weight excluding hydrogens is 251 g/mol. The number of nitrogens with zero attached hydrogens (tertiary/aromatic N) is 2. The molecule has 0 saturated heterocycles. The highest BCUT2D eigenvalue weighted by atomic mass is 19.4. The summed E-state index contributed by atoms with van der Waals surface area (Å²) in [6, 6.07) is 1.29. The molecule has 0 aromatic carbocycles. The van der Waals surface area contributed by atoms with Gasteiger partial charge in [0.25, 0.3) is 0 Å².